The summed E-state index contributed by atoms with van der Waals surface area (Å²) in [6, 6.07) is 7.31. The van der Waals surface area contributed by atoms with E-state index in [1.165, 1.54) is 77.0 Å². The molecule has 1 rings (SSSR count). The zero-order valence-electron chi connectivity index (χ0n) is 37.4. The van der Waals surface area contributed by atoms with Crippen LogP contribution in [0.2, 0.25) is 0 Å². The molecule has 1 N–H and O–H groups in total. The first kappa shape index (κ1) is 55.1. The number of anilines is 1. The van der Waals surface area contributed by atoms with Crippen molar-refractivity contribution in [3.63, 3.8) is 0 Å². The highest BCUT2D eigenvalue weighted by Gasteiger charge is 2.07. The average molecular weight is 844 g/mol. The number of rotatable bonds is 49. The standard InChI is InChI=1S/C46H85NO12/c1-3-5-7-8-9-10-11-12-13-14-15-16-17-23-49-24-25-50-26-27-51-28-29-52-30-31-53-32-33-54-34-35-55-36-37-56-38-39-57-40-41-58-42-43-59-46(48)44-18-20-45(21-19-44)47-22-6-4-2/h18-21,47H,3-17,22-43H2,1-2H3. The van der Waals surface area contributed by atoms with E-state index in [4.69, 9.17) is 52.1 Å². The second-order valence-electron chi connectivity index (χ2n) is 14.4. The van der Waals surface area contributed by atoms with E-state index >= 15 is 0 Å². The van der Waals surface area contributed by atoms with Crippen LogP contribution in [0.3, 0.4) is 0 Å². The lowest BCUT2D eigenvalue weighted by molar-refractivity contribution is -0.0271. The Labute approximate surface area is 358 Å². The normalized spacial score (nSPS) is 11.4. The van der Waals surface area contributed by atoms with Gasteiger partial charge < -0.3 is 57.4 Å². The lowest BCUT2D eigenvalue weighted by atomic mass is 10.0. The fraction of sp³-hybridized carbons (Fsp3) is 0.848. The topological polar surface area (TPSA) is 131 Å². The fourth-order valence-electron chi connectivity index (χ4n) is 5.71. The highest BCUT2D eigenvalue weighted by molar-refractivity contribution is 5.89. The van der Waals surface area contributed by atoms with Crippen LogP contribution in [-0.2, 0) is 52.1 Å². The molecule has 0 radical (unpaired) electrons. The predicted molar refractivity (Wildman–Crippen MR) is 234 cm³/mol. The Morgan fingerprint density at radius 2 is 0.644 bits per heavy atom. The van der Waals surface area contributed by atoms with Gasteiger partial charge in [0.1, 0.15) is 6.61 Å². The number of hydrogen-bond acceptors (Lipinski definition) is 13. The SMILES string of the molecule is CCCCCCCCCCCCCCCOCCOCCOCCOCCOCCOCCOCCOCCOCCOCCOC(=O)c1ccc(NCCCC)cc1. The Morgan fingerprint density at radius 3 is 0.983 bits per heavy atom. The van der Waals surface area contributed by atoms with Crippen LogP contribution in [0.4, 0.5) is 5.69 Å². The van der Waals surface area contributed by atoms with Crippen molar-refractivity contribution in [1.29, 1.82) is 0 Å². The van der Waals surface area contributed by atoms with E-state index in [0.29, 0.717) is 131 Å². The van der Waals surface area contributed by atoms with Crippen molar-refractivity contribution in [2.75, 3.05) is 151 Å². The van der Waals surface area contributed by atoms with Crippen molar-refractivity contribution in [1.82, 2.24) is 0 Å². The number of unbranched alkanes of at least 4 members (excludes halogenated alkanes) is 13. The van der Waals surface area contributed by atoms with Gasteiger partial charge in [0.15, 0.2) is 0 Å². The van der Waals surface area contributed by atoms with Gasteiger partial charge in [-0.1, -0.05) is 97.3 Å². The lowest BCUT2D eigenvalue weighted by Gasteiger charge is -2.09. The maximum Gasteiger partial charge on any atom is 0.338 e. The van der Waals surface area contributed by atoms with E-state index in [1.807, 2.05) is 12.1 Å². The molecule has 0 atom stereocenters. The zero-order valence-corrected chi connectivity index (χ0v) is 37.4. The Balaban J connectivity index is 1.65. The first-order chi connectivity index (χ1) is 29.3. The van der Waals surface area contributed by atoms with E-state index in [-0.39, 0.29) is 12.6 Å². The minimum atomic E-state index is -0.358. The quantitative estimate of drug-likeness (QED) is 0.0499. The molecule has 0 heterocycles. The monoisotopic (exact) mass is 844 g/mol. The first-order valence-corrected chi connectivity index (χ1v) is 23.1. The van der Waals surface area contributed by atoms with Crippen molar-refractivity contribution in [2.24, 2.45) is 0 Å². The summed E-state index contributed by atoms with van der Waals surface area (Å²) in [4.78, 5) is 12.2. The summed E-state index contributed by atoms with van der Waals surface area (Å²) in [6.07, 6.45) is 20.0. The van der Waals surface area contributed by atoms with Gasteiger partial charge in [0, 0.05) is 18.8 Å². The number of carbonyl (C=O) groups is 1. The molecule has 13 heteroatoms. The van der Waals surface area contributed by atoms with Crippen molar-refractivity contribution in [2.45, 2.75) is 110 Å². The number of benzene rings is 1. The number of nitrogens with one attached hydrogen (secondary N) is 1. The molecule has 1 aromatic carbocycles. The van der Waals surface area contributed by atoms with Crippen molar-refractivity contribution in [3.8, 4) is 0 Å². The molecule has 0 bridgehead atoms. The summed E-state index contributed by atoms with van der Waals surface area (Å²) < 4.78 is 60.6. The minimum Gasteiger partial charge on any atom is -0.460 e. The predicted octanol–water partition coefficient (Wildman–Crippen LogP) is 8.31. The van der Waals surface area contributed by atoms with E-state index < -0.39 is 0 Å². The number of hydrogen-bond donors (Lipinski definition) is 1. The molecule has 0 spiro atoms. The minimum absolute atomic E-state index is 0.192. The maximum absolute atomic E-state index is 12.2. The molecule has 0 aliphatic heterocycles. The third-order valence-corrected chi connectivity index (χ3v) is 9.18. The van der Waals surface area contributed by atoms with Gasteiger partial charge >= 0.3 is 5.97 Å². The van der Waals surface area contributed by atoms with Crippen LogP contribution in [-0.4, -0.2) is 151 Å². The summed E-state index contributed by atoms with van der Waals surface area (Å²) >= 11 is 0. The van der Waals surface area contributed by atoms with Crippen LogP contribution in [0.5, 0.6) is 0 Å². The average Bonchev–Trinajstić information content (AvgIpc) is 3.25. The van der Waals surface area contributed by atoms with Crippen molar-refractivity contribution >= 4 is 11.7 Å². The van der Waals surface area contributed by atoms with Crippen LogP contribution in [0.25, 0.3) is 0 Å². The molecule has 13 nitrogen and oxygen atoms in total. The molecule has 1 aromatic rings. The van der Waals surface area contributed by atoms with Gasteiger partial charge in [-0.05, 0) is 37.1 Å². The number of carbonyl (C=O) groups excluding carboxylic acids is 1. The molecule has 59 heavy (non-hydrogen) atoms. The summed E-state index contributed by atoms with van der Waals surface area (Å²) in [7, 11) is 0. The molecule has 0 amide bonds. The Kier molecular flexibility index (Phi) is 44.0. The van der Waals surface area contributed by atoms with Crippen molar-refractivity contribution in [3.05, 3.63) is 29.8 Å². The number of ether oxygens (including phenoxy) is 11. The molecule has 0 fully saturated rings. The molecule has 346 valence electrons. The molecule has 0 unspecified atom stereocenters. The van der Waals surface area contributed by atoms with E-state index in [0.717, 1.165) is 38.1 Å². The van der Waals surface area contributed by atoms with Gasteiger partial charge in [0.05, 0.1) is 131 Å². The van der Waals surface area contributed by atoms with Crippen LogP contribution in [0, 0.1) is 0 Å². The third-order valence-electron chi connectivity index (χ3n) is 9.18. The molecule has 0 aliphatic carbocycles. The Hall–Kier alpha value is -1.91. The van der Waals surface area contributed by atoms with Gasteiger partial charge in [0.2, 0.25) is 0 Å². The highest BCUT2D eigenvalue weighted by Crippen LogP contribution is 2.13. The van der Waals surface area contributed by atoms with Crippen LogP contribution < -0.4 is 5.32 Å². The van der Waals surface area contributed by atoms with Gasteiger partial charge in [0.25, 0.3) is 0 Å². The summed E-state index contributed by atoms with van der Waals surface area (Å²) in [6.45, 7) is 15.9. The largest absolute Gasteiger partial charge is 0.460 e. The van der Waals surface area contributed by atoms with Crippen LogP contribution in [0.1, 0.15) is 121 Å². The second-order valence-corrected chi connectivity index (χ2v) is 14.4. The Morgan fingerprint density at radius 1 is 0.356 bits per heavy atom. The summed E-state index contributed by atoms with van der Waals surface area (Å²) in [5, 5.41) is 3.32. The van der Waals surface area contributed by atoms with E-state index in [9.17, 15) is 4.79 Å². The van der Waals surface area contributed by atoms with Gasteiger partial charge in [-0.2, -0.15) is 0 Å². The molecule has 0 aliphatic rings. The smallest absolute Gasteiger partial charge is 0.338 e. The van der Waals surface area contributed by atoms with Crippen LogP contribution >= 0.6 is 0 Å². The number of esters is 1. The molecular formula is C46H85NO12. The van der Waals surface area contributed by atoms with Crippen LogP contribution in [0.15, 0.2) is 24.3 Å². The molecule has 0 saturated heterocycles. The first-order valence-electron chi connectivity index (χ1n) is 23.1. The molecular weight excluding hydrogens is 759 g/mol. The molecule has 0 aromatic heterocycles. The highest BCUT2D eigenvalue weighted by atomic mass is 16.6. The fourth-order valence-corrected chi connectivity index (χ4v) is 5.71. The van der Waals surface area contributed by atoms with E-state index in [2.05, 4.69) is 19.2 Å². The summed E-state index contributed by atoms with van der Waals surface area (Å²) in [5.74, 6) is -0.358. The lowest BCUT2D eigenvalue weighted by Crippen LogP contribution is -2.15. The molecule has 0 saturated carbocycles. The zero-order chi connectivity index (χ0) is 42.2. The summed E-state index contributed by atoms with van der Waals surface area (Å²) in [5.41, 5.74) is 1.52. The second kappa shape index (κ2) is 47.1. The van der Waals surface area contributed by atoms with Crippen molar-refractivity contribution < 1.29 is 56.9 Å². The van der Waals surface area contributed by atoms with Gasteiger partial charge in [-0.3, -0.25) is 0 Å². The van der Waals surface area contributed by atoms with Gasteiger partial charge in [-0.25, -0.2) is 4.79 Å². The maximum atomic E-state index is 12.2. The van der Waals surface area contributed by atoms with E-state index in [1.54, 1.807) is 12.1 Å². The third kappa shape index (κ3) is 41.2. The Bertz CT molecular complexity index is 974. The van der Waals surface area contributed by atoms with Gasteiger partial charge in [-0.15, -0.1) is 0 Å².